The minimum absolute atomic E-state index is 1.22. The van der Waals surface area contributed by atoms with Crippen LogP contribution < -0.4 is 15.8 Å². The lowest BCUT2D eigenvalue weighted by molar-refractivity contribution is 1.21. The van der Waals surface area contributed by atoms with Crippen LogP contribution in [0.3, 0.4) is 0 Å². The van der Waals surface area contributed by atoms with Gasteiger partial charge in [-0.25, -0.2) is 0 Å². The molecule has 0 aliphatic heterocycles. The van der Waals surface area contributed by atoms with Gasteiger partial charge in [0.2, 0.25) is 0 Å². The van der Waals surface area contributed by atoms with Gasteiger partial charge in [0.05, 0.1) is 0 Å². The van der Waals surface area contributed by atoms with Gasteiger partial charge in [0, 0.05) is 18.4 Å². The molecule has 0 aliphatic carbocycles. The molecule has 0 amide bonds. The third-order valence-corrected chi connectivity index (χ3v) is 2.81. The Labute approximate surface area is 98.9 Å². The topological polar surface area (TPSA) is 3.24 Å². The molecule has 0 saturated carbocycles. The standard InChI is InChI=1S/C13H15B2N/c1-16(12-7-5-10(14)6-8-12)13-4-2-3-11(15)9-13/h2-9H,14-15H2,1H3. The molecule has 0 aromatic heterocycles. The summed E-state index contributed by atoms with van der Waals surface area (Å²) in [4.78, 5) is 2.20. The number of benzene rings is 2. The highest BCUT2D eigenvalue weighted by molar-refractivity contribution is 6.32. The van der Waals surface area contributed by atoms with E-state index in [1.54, 1.807) is 0 Å². The zero-order chi connectivity index (χ0) is 11.5. The van der Waals surface area contributed by atoms with Gasteiger partial charge in [0.1, 0.15) is 15.7 Å². The Morgan fingerprint density at radius 2 is 1.50 bits per heavy atom. The fourth-order valence-corrected chi connectivity index (χ4v) is 1.75. The summed E-state index contributed by atoms with van der Waals surface area (Å²) in [6, 6.07) is 17.1. The molecular weight excluding hydrogens is 192 g/mol. The summed E-state index contributed by atoms with van der Waals surface area (Å²) >= 11 is 0. The average molecular weight is 207 g/mol. The highest BCUT2D eigenvalue weighted by atomic mass is 15.1. The molecule has 1 nitrogen and oxygen atoms in total. The van der Waals surface area contributed by atoms with Crippen LogP contribution in [-0.2, 0) is 0 Å². The first-order valence-corrected chi connectivity index (χ1v) is 5.54. The van der Waals surface area contributed by atoms with Crippen LogP contribution in [0.5, 0.6) is 0 Å². The molecule has 2 aromatic carbocycles. The first kappa shape index (κ1) is 10.9. The van der Waals surface area contributed by atoms with Crippen LogP contribution in [0.15, 0.2) is 48.5 Å². The van der Waals surface area contributed by atoms with Crippen molar-refractivity contribution in [1.82, 2.24) is 0 Å². The maximum atomic E-state index is 2.20. The maximum absolute atomic E-state index is 2.20. The van der Waals surface area contributed by atoms with E-state index in [-0.39, 0.29) is 0 Å². The Morgan fingerprint density at radius 3 is 2.12 bits per heavy atom. The van der Waals surface area contributed by atoms with E-state index in [4.69, 9.17) is 0 Å². The first-order valence-electron chi connectivity index (χ1n) is 5.54. The Hall–Kier alpha value is -1.63. The van der Waals surface area contributed by atoms with Crippen molar-refractivity contribution in [1.29, 1.82) is 0 Å². The van der Waals surface area contributed by atoms with Crippen molar-refractivity contribution >= 4 is 38.0 Å². The molecule has 0 fully saturated rings. The Balaban J connectivity index is 2.31. The Bertz CT molecular complexity index is 480. The van der Waals surface area contributed by atoms with Crippen molar-refractivity contribution in [2.45, 2.75) is 0 Å². The SMILES string of the molecule is Bc1ccc(N(C)c2cccc(B)c2)cc1. The fraction of sp³-hybridized carbons (Fsp3) is 0.0769. The van der Waals surface area contributed by atoms with Crippen LogP contribution in [0.4, 0.5) is 11.4 Å². The second-order valence-corrected chi connectivity index (χ2v) is 4.23. The highest BCUT2D eigenvalue weighted by Crippen LogP contribution is 2.20. The molecular formula is C13H15B2N. The van der Waals surface area contributed by atoms with Crippen molar-refractivity contribution < 1.29 is 0 Å². The summed E-state index contributed by atoms with van der Waals surface area (Å²) in [5.41, 5.74) is 5.03. The first-order chi connectivity index (χ1) is 7.66. The van der Waals surface area contributed by atoms with Crippen LogP contribution in [0.25, 0.3) is 0 Å². The fourth-order valence-electron chi connectivity index (χ4n) is 1.75. The smallest absolute Gasteiger partial charge is 0.139 e. The van der Waals surface area contributed by atoms with Gasteiger partial charge in [-0.05, 0) is 24.3 Å². The minimum atomic E-state index is 1.22. The lowest BCUT2D eigenvalue weighted by atomic mass is 9.95. The average Bonchev–Trinajstić information content (AvgIpc) is 2.29. The van der Waals surface area contributed by atoms with Gasteiger partial charge in [0.15, 0.2) is 0 Å². The summed E-state index contributed by atoms with van der Waals surface area (Å²) < 4.78 is 0. The van der Waals surface area contributed by atoms with Crippen LogP contribution >= 0.6 is 0 Å². The van der Waals surface area contributed by atoms with Gasteiger partial charge in [-0.15, -0.1) is 0 Å². The highest BCUT2D eigenvalue weighted by Gasteiger charge is 2.02. The van der Waals surface area contributed by atoms with E-state index in [9.17, 15) is 0 Å². The molecule has 0 aliphatic rings. The number of anilines is 2. The predicted molar refractivity (Wildman–Crippen MR) is 77.3 cm³/mol. The molecule has 0 unspecified atom stereocenters. The molecule has 2 aromatic rings. The van der Waals surface area contributed by atoms with Gasteiger partial charge in [0.25, 0.3) is 0 Å². The molecule has 0 bridgehead atoms. The third kappa shape index (κ3) is 2.30. The van der Waals surface area contributed by atoms with Crippen molar-refractivity contribution in [3.63, 3.8) is 0 Å². The van der Waals surface area contributed by atoms with Crippen LogP contribution in [0.2, 0.25) is 0 Å². The summed E-state index contributed by atoms with van der Waals surface area (Å²) in [7, 11) is 6.32. The summed E-state index contributed by atoms with van der Waals surface area (Å²) in [5.74, 6) is 0. The third-order valence-electron chi connectivity index (χ3n) is 2.81. The molecule has 0 saturated heterocycles. The molecule has 3 heteroatoms. The normalized spacial score (nSPS) is 10.1. The van der Waals surface area contributed by atoms with Crippen molar-refractivity contribution in [3.8, 4) is 0 Å². The molecule has 16 heavy (non-hydrogen) atoms. The van der Waals surface area contributed by atoms with Crippen molar-refractivity contribution in [2.24, 2.45) is 0 Å². The van der Waals surface area contributed by atoms with Gasteiger partial charge in [-0.1, -0.05) is 35.2 Å². The van der Waals surface area contributed by atoms with E-state index in [2.05, 4.69) is 76.2 Å². The van der Waals surface area contributed by atoms with E-state index < -0.39 is 0 Å². The van der Waals surface area contributed by atoms with Gasteiger partial charge in [-0.3, -0.25) is 0 Å². The second kappa shape index (κ2) is 4.48. The summed E-state index contributed by atoms with van der Waals surface area (Å²) in [6.45, 7) is 0. The molecule has 0 radical (unpaired) electrons. The van der Waals surface area contributed by atoms with Crippen LogP contribution in [0, 0.1) is 0 Å². The van der Waals surface area contributed by atoms with E-state index in [0.29, 0.717) is 0 Å². The van der Waals surface area contributed by atoms with Crippen molar-refractivity contribution in [3.05, 3.63) is 48.5 Å². The Morgan fingerprint density at radius 1 is 0.812 bits per heavy atom. The van der Waals surface area contributed by atoms with Crippen molar-refractivity contribution in [2.75, 3.05) is 11.9 Å². The molecule has 78 valence electrons. The van der Waals surface area contributed by atoms with E-state index in [0.717, 1.165) is 0 Å². The molecule has 0 spiro atoms. The van der Waals surface area contributed by atoms with E-state index >= 15 is 0 Å². The monoisotopic (exact) mass is 207 g/mol. The summed E-state index contributed by atoms with van der Waals surface area (Å²) in [5, 5.41) is 0. The lowest BCUT2D eigenvalue weighted by Crippen LogP contribution is -2.13. The molecule has 0 atom stereocenters. The zero-order valence-electron chi connectivity index (χ0n) is 10.1. The molecule has 2 rings (SSSR count). The van der Waals surface area contributed by atoms with E-state index in [1.807, 2.05) is 0 Å². The number of hydrogen-bond donors (Lipinski definition) is 0. The van der Waals surface area contributed by atoms with E-state index in [1.165, 1.54) is 22.3 Å². The largest absolute Gasteiger partial charge is 0.345 e. The Kier molecular flexibility index (Phi) is 3.04. The number of rotatable bonds is 2. The lowest BCUT2D eigenvalue weighted by Gasteiger charge is -2.20. The van der Waals surface area contributed by atoms with Gasteiger partial charge < -0.3 is 4.90 Å². The minimum Gasteiger partial charge on any atom is -0.345 e. The second-order valence-electron chi connectivity index (χ2n) is 4.23. The number of hydrogen-bond acceptors (Lipinski definition) is 1. The zero-order valence-corrected chi connectivity index (χ0v) is 10.1. The van der Waals surface area contributed by atoms with Crippen LogP contribution in [-0.4, -0.2) is 22.7 Å². The van der Waals surface area contributed by atoms with Crippen LogP contribution in [0.1, 0.15) is 0 Å². The van der Waals surface area contributed by atoms with Gasteiger partial charge >= 0.3 is 0 Å². The molecule has 0 N–H and O–H groups in total. The quantitative estimate of drug-likeness (QED) is 0.625. The molecule has 0 heterocycles. The predicted octanol–water partition coefficient (Wildman–Crippen LogP) is -0.0287. The summed E-state index contributed by atoms with van der Waals surface area (Å²) in [6.07, 6.45) is 0. The van der Waals surface area contributed by atoms with Gasteiger partial charge in [-0.2, -0.15) is 0 Å². The maximum Gasteiger partial charge on any atom is 0.139 e. The number of nitrogens with zero attached hydrogens (tertiary/aromatic N) is 1.